The summed E-state index contributed by atoms with van der Waals surface area (Å²) in [6.07, 6.45) is 1.44. The lowest BCUT2D eigenvalue weighted by Crippen LogP contribution is -2.23. The molecule has 0 bridgehead atoms. The van der Waals surface area contributed by atoms with Gasteiger partial charge in [-0.3, -0.25) is 14.4 Å². The number of carbonyl (C=O) groups is 3. The molecule has 0 saturated carbocycles. The van der Waals surface area contributed by atoms with Gasteiger partial charge in [-0.15, -0.1) is 0 Å². The second kappa shape index (κ2) is 7.39. The summed E-state index contributed by atoms with van der Waals surface area (Å²) in [7, 11) is 0. The van der Waals surface area contributed by atoms with Crippen LogP contribution in [0.1, 0.15) is 35.7 Å². The Morgan fingerprint density at radius 1 is 1.00 bits per heavy atom. The van der Waals surface area contributed by atoms with Gasteiger partial charge in [0, 0.05) is 42.5 Å². The third-order valence-corrected chi connectivity index (χ3v) is 4.41. The van der Waals surface area contributed by atoms with Crippen molar-refractivity contribution in [2.24, 2.45) is 0 Å². The van der Waals surface area contributed by atoms with Crippen molar-refractivity contribution in [3.8, 4) is 0 Å². The smallest absolute Gasteiger partial charge is 0.255 e. The largest absolute Gasteiger partial charge is 0.326 e. The summed E-state index contributed by atoms with van der Waals surface area (Å²) >= 11 is 0. The Labute approximate surface area is 152 Å². The van der Waals surface area contributed by atoms with Crippen LogP contribution in [0.25, 0.3) is 0 Å². The first-order valence-corrected chi connectivity index (χ1v) is 8.54. The predicted molar refractivity (Wildman–Crippen MR) is 101 cm³/mol. The molecule has 0 atom stereocenters. The van der Waals surface area contributed by atoms with Gasteiger partial charge in [-0.25, -0.2) is 0 Å². The molecule has 3 rings (SSSR count). The van der Waals surface area contributed by atoms with Gasteiger partial charge >= 0.3 is 0 Å². The van der Waals surface area contributed by atoms with Crippen LogP contribution in [0.3, 0.4) is 0 Å². The van der Waals surface area contributed by atoms with E-state index in [2.05, 4.69) is 10.6 Å². The number of nitrogens with zero attached hydrogens (tertiary/aromatic N) is 1. The molecule has 0 radical (unpaired) electrons. The lowest BCUT2D eigenvalue weighted by molar-refractivity contribution is -0.117. The maximum absolute atomic E-state index is 12.5. The van der Waals surface area contributed by atoms with Gasteiger partial charge < -0.3 is 15.5 Å². The molecular formula is C20H21N3O3. The second-order valence-electron chi connectivity index (χ2n) is 6.31. The van der Waals surface area contributed by atoms with Gasteiger partial charge in [0.1, 0.15) is 0 Å². The van der Waals surface area contributed by atoms with Gasteiger partial charge in [-0.1, -0.05) is 6.07 Å². The van der Waals surface area contributed by atoms with Gasteiger partial charge in [-0.05, 0) is 55.3 Å². The Bertz CT molecular complexity index is 859. The van der Waals surface area contributed by atoms with Crippen LogP contribution >= 0.6 is 0 Å². The molecule has 134 valence electrons. The molecule has 2 aromatic rings. The predicted octanol–water partition coefficient (Wildman–Crippen LogP) is 3.33. The maximum Gasteiger partial charge on any atom is 0.255 e. The Kier molecular flexibility index (Phi) is 5.02. The minimum absolute atomic E-state index is 0.118. The molecule has 26 heavy (non-hydrogen) atoms. The molecular weight excluding hydrogens is 330 g/mol. The van der Waals surface area contributed by atoms with Gasteiger partial charge in [0.05, 0.1) is 0 Å². The van der Waals surface area contributed by atoms with E-state index in [1.165, 1.54) is 6.92 Å². The first kappa shape index (κ1) is 17.7. The summed E-state index contributed by atoms with van der Waals surface area (Å²) in [6.45, 7) is 4.00. The van der Waals surface area contributed by atoms with Crippen LogP contribution < -0.4 is 15.5 Å². The number of benzene rings is 2. The van der Waals surface area contributed by atoms with Gasteiger partial charge in [0.2, 0.25) is 11.8 Å². The minimum atomic E-state index is -0.243. The zero-order chi connectivity index (χ0) is 18.7. The average molecular weight is 351 g/mol. The highest BCUT2D eigenvalue weighted by Gasteiger charge is 2.21. The fourth-order valence-corrected chi connectivity index (χ4v) is 3.00. The van der Waals surface area contributed by atoms with E-state index in [0.29, 0.717) is 23.4 Å². The molecule has 0 unspecified atom stereocenters. The molecule has 0 aromatic heterocycles. The molecule has 2 N–H and O–H groups in total. The number of hydrogen-bond acceptors (Lipinski definition) is 3. The van der Waals surface area contributed by atoms with E-state index in [1.54, 1.807) is 47.4 Å². The van der Waals surface area contributed by atoms with Crippen molar-refractivity contribution in [2.45, 2.75) is 26.7 Å². The lowest BCUT2D eigenvalue weighted by atomic mass is 10.1. The number of carbonyl (C=O) groups excluding carboxylic acids is 3. The summed E-state index contributed by atoms with van der Waals surface area (Å²) < 4.78 is 0. The van der Waals surface area contributed by atoms with E-state index in [-0.39, 0.29) is 17.7 Å². The Morgan fingerprint density at radius 2 is 1.65 bits per heavy atom. The fourth-order valence-electron chi connectivity index (χ4n) is 3.00. The highest BCUT2D eigenvalue weighted by Crippen LogP contribution is 2.25. The molecule has 0 spiro atoms. The molecule has 1 heterocycles. The van der Waals surface area contributed by atoms with Crippen molar-refractivity contribution < 1.29 is 14.4 Å². The lowest BCUT2D eigenvalue weighted by Gasteiger charge is -2.16. The Morgan fingerprint density at radius 3 is 2.23 bits per heavy atom. The highest BCUT2D eigenvalue weighted by molar-refractivity contribution is 6.06. The molecule has 0 aliphatic carbocycles. The second-order valence-corrected chi connectivity index (χ2v) is 6.31. The zero-order valence-electron chi connectivity index (χ0n) is 14.8. The summed E-state index contributed by atoms with van der Waals surface area (Å²) in [5, 5.41) is 5.61. The van der Waals surface area contributed by atoms with E-state index in [0.717, 1.165) is 24.2 Å². The van der Waals surface area contributed by atoms with Crippen LogP contribution in [0.15, 0.2) is 42.5 Å². The van der Waals surface area contributed by atoms with Crippen molar-refractivity contribution >= 4 is 34.8 Å². The van der Waals surface area contributed by atoms with E-state index in [4.69, 9.17) is 0 Å². The average Bonchev–Trinajstić information content (AvgIpc) is 3.04. The minimum Gasteiger partial charge on any atom is -0.326 e. The summed E-state index contributed by atoms with van der Waals surface area (Å²) in [5.41, 5.74) is 3.41. The van der Waals surface area contributed by atoms with Gasteiger partial charge in [0.25, 0.3) is 5.91 Å². The monoisotopic (exact) mass is 351 g/mol. The van der Waals surface area contributed by atoms with Crippen LogP contribution in [0.2, 0.25) is 0 Å². The number of hydrogen-bond donors (Lipinski definition) is 2. The van der Waals surface area contributed by atoms with E-state index in [1.807, 2.05) is 6.92 Å². The SMILES string of the molecule is CC(=O)Nc1cccc(NC(=O)c2ccc(N3CCCC3=O)cc2)c1C. The van der Waals surface area contributed by atoms with Gasteiger partial charge in [0.15, 0.2) is 0 Å². The van der Waals surface area contributed by atoms with Crippen LogP contribution in [0.5, 0.6) is 0 Å². The molecule has 6 nitrogen and oxygen atoms in total. The first-order valence-electron chi connectivity index (χ1n) is 8.54. The molecule has 3 amide bonds. The van der Waals surface area contributed by atoms with E-state index < -0.39 is 0 Å². The third kappa shape index (κ3) is 3.74. The number of nitrogens with one attached hydrogen (secondary N) is 2. The van der Waals surface area contributed by atoms with Crippen LogP contribution in [-0.4, -0.2) is 24.3 Å². The van der Waals surface area contributed by atoms with Gasteiger partial charge in [-0.2, -0.15) is 0 Å². The normalized spacial score (nSPS) is 13.6. The molecule has 1 saturated heterocycles. The molecule has 1 aliphatic heterocycles. The number of rotatable bonds is 4. The highest BCUT2D eigenvalue weighted by atomic mass is 16.2. The third-order valence-electron chi connectivity index (χ3n) is 4.41. The topological polar surface area (TPSA) is 78.5 Å². The molecule has 1 aliphatic rings. The molecule has 6 heteroatoms. The summed E-state index contributed by atoms with van der Waals surface area (Å²) in [5.74, 6) is -0.288. The van der Waals surface area contributed by atoms with Crippen molar-refractivity contribution in [1.29, 1.82) is 0 Å². The van der Waals surface area contributed by atoms with Crippen LogP contribution in [0.4, 0.5) is 17.1 Å². The zero-order valence-corrected chi connectivity index (χ0v) is 14.8. The summed E-state index contributed by atoms with van der Waals surface area (Å²) in [6, 6.07) is 12.4. The van der Waals surface area contributed by atoms with Crippen molar-refractivity contribution in [1.82, 2.24) is 0 Å². The first-order chi connectivity index (χ1) is 12.5. The van der Waals surface area contributed by atoms with Crippen molar-refractivity contribution in [2.75, 3.05) is 22.1 Å². The molecule has 2 aromatic carbocycles. The molecule has 1 fully saturated rings. The quantitative estimate of drug-likeness (QED) is 0.887. The van der Waals surface area contributed by atoms with Crippen molar-refractivity contribution in [3.63, 3.8) is 0 Å². The summed E-state index contributed by atoms with van der Waals surface area (Å²) in [4.78, 5) is 37.3. The fraction of sp³-hybridized carbons (Fsp3) is 0.250. The van der Waals surface area contributed by atoms with Crippen LogP contribution in [0, 0.1) is 6.92 Å². The Hall–Kier alpha value is -3.15. The standard InChI is InChI=1S/C20H21N3O3/c1-13-17(21-14(2)24)5-3-6-18(13)22-20(26)15-8-10-16(11-9-15)23-12-4-7-19(23)25/h3,5-6,8-11H,4,7,12H2,1-2H3,(H,21,24)(H,22,26). The van der Waals surface area contributed by atoms with E-state index in [9.17, 15) is 14.4 Å². The number of anilines is 3. The van der Waals surface area contributed by atoms with E-state index >= 15 is 0 Å². The van der Waals surface area contributed by atoms with Crippen molar-refractivity contribution in [3.05, 3.63) is 53.6 Å². The number of amides is 3. The Balaban J connectivity index is 1.74. The maximum atomic E-state index is 12.5. The van der Waals surface area contributed by atoms with Crippen LogP contribution in [-0.2, 0) is 9.59 Å².